The Morgan fingerprint density at radius 2 is 1.80 bits per heavy atom. The van der Waals surface area contributed by atoms with Gasteiger partial charge in [0.15, 0.2) is 0 Å². The summed E-state index contributed by atoms with van der Waals surface area (Å²) in [5.74, 6) is 0.254. The lowest BCUT2D eigenvalue weighted by atomic mass is 10.1. The lowest BCUT2D eigenvalue weighted by molar-refractivity contribution is -0.128. The highest BCUT2D eigenvalue weighted by Gasteiger charge is 2.32. The first-order valence-corrected chi connectivity index (χ1v) is 7.50. The van der Waals surface area contributed by atoms with Gasteiger partial charge in [0.05, 0.1) is 5.75 Å². The normalized spacial score (nSPS) is 18.6. The maximum Gasteiger partial charge on any atom is 0.234 e. The number of halogens is 1. The second-order valence-electron chi connectivity index (χ2n) is 4.69. The topological polar surface area (TPSA) is 20.3 Å². The van der Waals surface area contributed by atoms with Gasteiger partial charge in [0.25, 0.3) is 0 Å². The van der Waals surface area contributed by atoms with Crippen LogP contribution in [0.5, 0.6) is 0 Å². The average Bonchev–Trinajstić information content (AvgIpc) is 2.84. The van der Waals surface area contributed by atoms with Crippen LogP contribution in [0, 0.1) is 5.82 Å². The first kappa shape index (κ1) is 13.2. The number of hydrogen-bond donors (Lipinski definition) is 0. The van der Waals surface area contributed by atoms with Crippen molar-refractivity contribution in [3.8, 4) is 0 Å². The fourth-order valence-corrected chi connectivity index (χ4v) is 3.52. The van der Waals surface area contributed by atoms with Crippen molar-refractivity contribution in [3.05, 3.63) is 71.5 Å². The number of carbonyl (C=O) groups excluding carboxylic acids is 1. The van der Waals surface area contributed by atoms with Crippen molar-refractivity contribution in [1.82, 2.24) is 4.90 Å². The monoisotopic (exact) mass is 287 g/mol. The van der Waals surface area contributed by atoms with Crippen molar-refractivity contribution in [3.63, 3.8) is 0 Å². The largest absolute Gasteiger partial charge is 0.321 e. The van der Waals surface area contributed by atoms with Gasteiger partial charge in [-0.05, 0) is 11.6 Å². The van der Waals surface area contributed by atoms with Crippen LogP contribution in [0.2, 0.25) is 0 Å². The van der Waals surface area contributed by atoms with Crippen LogP contribution in [0.1, 0.15) is 16.5 Å². The van der Waals surface area contributed by atoms with E-state index in [-0.39, 0.29) is 17.1 Å². The minimum Gasteiger partial charge on any atom is -0.321 e. The van der Waals surface area contributed by atoms with Crippen molar-refractivity contribution in [2.24, 2.45) is 0 Å². The maximum absolute atomic E-state index is 13.8. The molecule has 102 valence electrons. The quantitative estimate of drug-likeness (QED) is 0.859. The molecule has 0 radical (unpaired) electrons. The van der Waals surface area contributed by atoms with E-state index in [1.54, 1.807) is 34.9 Å². The van der Waals surface area contributed by atoms with Gasteiger partial charge in [-0.2, -0.15) is 0 Å². The molecular weight excluding hydrogens is 273 g/mol. The number of benzene rings is 2. The Bertz CT molecular complexity index is 617. The summed E-state index contributed by atoms with van der Waals surface area (Å²) in [6.07, 6.45) is 0. The van der Waals surface area contributed by atoms with Crippen LogP contribution in [0.25, 0.3) is 0 Å². The van der Waals surface area contributed by atoms with Gasteiger partial charge in [-0.25, -0.2) is 4.39 Å². The Kier molecular flexibility index (Phi) is 3.74. The number of thioether (sulfide) groups is 1. The summed E-state index contributed by atoms with van der Waals surface area (Å²) < 4.78 is 13.8. The predicted molar refractivity (Wildman–Crippen MR) is 78.6 cm³/mol. The van der Waals surface area contributed by atoms with E-state index in [9.17, 15) is 9.18 Å². The molecule has 1 atom stereocenters. The van der Waals surface area contributed by atoms with E-state index in [4.69, 9.17) is 0 Å². The first-order valence-electron chi connectivity index (χ1n) is 6.45. The molecule has 1 fully saturated rings. The molecule has 0 saturated carbocycles. The molecule has 2 nitrogen and oxygen atoms in total. The van der Waals surface area contributed by atoms with Crippen LogP contribution < -0.4 is 0 Å². The van der Waals surface area contributed by atoms with Crippen molar-refractivity contribution in [1.29, 1.82) is 0 Å². The molecular formula is C16H14FNOS. The lowest BCUT2D eigenvalue weighted by Crippen LogP contribution is -2.28. The van der Waals surface area contributed by atoms with Gasteiger partial charge < -0.3 is 4.90 Å². The Balaban J connectivity index is 1.86. The third-order valence-electron chi connectivity index (χ3n) is 3.35. The highest BCUT2D eigenvalue weighted by molar-refractivity contribution is 8.00. The molecule has 20 heavy (non-hydrogen) atoms. The Morgan fingerprint density at radius 1 is 1.10 bits per heavy atom. The van der Waals surface area contributed by atoms with Crippen LogP contribution in [0.4, 0.5) is 4.39 Å². The van der Waals surface area contributed by atoms with Gasteiger partial charge in [-0.1, -0.05) is 48.5 Å². The second kappa shape index (κ2) is 5.67. The van der Waals surface area contributed by atoms with Gasteiger partial charge in [0.2, 0.25) is 5.91 Å². The van der Waals surface area contributed by atoms with E-state index in [1.807, 2.05) is 30.3 Å². The standard InChI is InChI=1S/C16H14FNOS/c17-14-9-5-4-8-13(14)10-18-15(19)11-20-16(18)12-6-2-1-3-7-12/h1-9,16H,10-11H2. The fourth-order valence-electron chi connectivity index (χ4n) is 2.33. The van der Waals surface area contributed by atoms with Gasteiger partial charge >= 0.3 is 0 Å². The smallest absolute Gasteiger partial charge is 0.234 e. The highest BCUT2D eigenvalue weighted by Crippen LogP contribution is 2.39. The minimum atomic E-state index is -0.260. The molecule has 0 N–H and O–H groups in total. The number of nitrogens with zero attached hydrogens (tertiary/aromatic N) is 1. The number of amides is 1. The van der Waals surface area contributed by atoms with Gasteiger partial charge in [0, 0.05) is 12.1 Å². The Morgan fingerprint density at radius 3 is 2.55 bits per heavy atom. The zero-order chi connectivity index (χ0) is 13.9. The van der Waals surface area contributed by atoms with E-state index in [0.29, 0.717) is 17.9 Å². The second-order valence-corrected chi connectivity index (χ2v) is 5.76. The molecule has 2 aromatic carbocycles. The molecule has 0 bridgehead atoms. The summed E-state index contributed by atoms with van der Waals surface area (Å²) in [5.41, 5.74) is 1.64. The SMILES string of the molecule is O=C1CSC(c2ccccc2)N1Cc1ccccc1F. The van der Waals surface area contributed by atoms with Crippen LogP contribution in [-0.2, 0) is 11.3 Å². The number of carbonyl (C=O) groups is 1. The van der Waals surface area contributed by atoms with Crippen molar-refractivity contribution in [2.45, 2.75) is 11.9 Å². The number of hydrogen-bond acceptors (Lipinski definition) is 2. The van der Waals surface area contributed by atoms with Gasteiger partial charge in [0.1, 0.15) is 11.2 Å². The van der Waals surface area contributed by atoms with E-state index in [2.05, 4.69) is 0 Å². The molecule has 1 unspecified atom stereocenters. The van der Waals surface area contributed by atoms with Crippen LogP contribution >= 0.6 is 11.8 Å². The van der Waals surface area contributed by atoms with Crippen molar-refractivity contribution < 1.29 is 9.18 Å². The summed E-state index contributed by atoms with van der Waals surface area (Å²) in [7, 11) is 0. The van der Waals surface area contributed by atoms with Crippen LogP contribution in [0.3, 0.4) is 0 Å². The van der Waals surface area contributed by atoms with E-state index >= 15 is 0 Å². The molecule has 1 aliphatic heterocycles. The van der Waals surface area contributed by atoms with Crippen molar-refractivity contribution >= 4 is 17.7 Å². The molecule has 1 amide bonds. The first-order chi connectivity index (χ1) is 9.75. The molecule has 3 rings (SSSR count). The highest BCUT2D eigenvalue weighted by atomic mass is 32.2. The summed E-state index contributed by atoms with van der Waals surface area (Å²) in [5, 5.41) is -0.0247. The molecule has 0 spiro atoms. The van der Waals surface area contributed by atoms with E-state index in [0.717, 1.165) is 5.56 Å². The molecule has 1 aliphatic rings. The molecule has 4 heteroatoms. The summed E-state index contributed by atoms with van der Waals surface area (Å²) in [6.45, 7) is 0.318. The molecule has 0 aliphatic carbocycles. The molecule has 1 heterocycles. The molecule has 2 aromatic rings. The average molecular weight is 287 g/mol. The van der Waals surface area contributed by atoms with Gasteiger partial charge in [-0.15, -0.1) is 11.8 Å². The van der Waals surface area contributed by atoms with Gasteiger partial charge in [-0.3, -0.25) is 4.79 Å². The van der Waals surface area contributed by atoms with Crippen LogP contribution in [-0.4, -0.2) is 16.6 Å². The minimum absolute atomic E-state index is 0.0247. The van der Waals surface area contributed by atoms with Crippen LogP contribution in [0.15, 0.2) is 54.6 Å². The molecule has 0 aromatic heterocycles. The predicted octanol–water partition coefficient (Wildman–Crippen LogP) is 3.60. The Hall–Kier alpha value is -1.81. The fraction of sp³-hybridized carbons (Fsp3) is 0.188. The summed E-state index contributed by atoms with van der Waals surface area (Å²) in [6, 6.07) is 16.5. The maximum atomic E-state index is 13.8. The van der Waals surface area contributed by atoms with E-state index < -0.39 is 0 Å². The van der Waals surface area contributed by atoms with Crippen molar-refractivity contribution in [2.75, 3.05) is 5.75 Å². The zero-order valence-electron chi connectivity index (χ0n) is 10.8. The lowest BCUT2D eigenvalue weighted by Gasteiger charge is -2.24. The summed E-state index contributed by atoms with van der Waals surface area (Å²) >= 11 is 1.59. The zero-order valence-corrected chi connectivity index (χ0v) is 11.6. The van der Waals surface area contributed by atoms with E-state index in [1.165, 1.54) is 6.07 Å². The third-order valence-corrected chi connectivity index (χ3v) is 4.61. The number of rotatable bonds is 3. The summed E-state index contributed by atoms with van der Waals surface area (Å²) in [4.78, 5) is 13.8. The Labute approximate surface area is 121 Å². The third kappa shape index (κ3) is 2.56. The molecule has 1 saturated heterocycles.